The molecule has 2 heterocycles. The molecule has 0 aliphatic rings. The molecule has 0 aliphatic carbocycles. The molecule has 0 aliphatic heterocycles. The topological polar surface area (TPSA) is 85.6 Å². The molecule has 198 valence electrons. The fraction of sp³-hybridized carbons (Fsp3) is 0.138. The molecule has 0 fully saturated rings. The van der Waals surface area contributed by atoms with Gasteiger partial charge in [-0.15, -0.1) is 5.10 Å². The highest BCUT2D eigenvalue weighted by atomic mass is 32.2. The number of benzene rings is 3. The molecular weight excluding hydrogens is 522 g/mol. The molecule has 7 nitrogen and oxygen atoms in total. The lowest BCUT2D eigenvalue weighted by Gasteiger charge is -2.10. The van der Waals surface area contributed by atoms with E-state index in [1.165, 1.54) is 37.6 Å². The largest absolute Gasteiger partial charge is 0.495 e. The van der Waals surface area contributed by atoms with E-state index >= 15 is 0 Å². The van der Waals surface area contributed by atoms with Crippen LogP contribution < -0.4 is 10.1 Å². The van der Waals surface area contributed by atoms with Crippen molar-refractivity contribution < 1.29 is 22.5 Å². The number of methoxy groups -OCH3 is 1. The van der Waals surface area contributed by atoms with Crippen LogP contribution in [0.2, 0.25) is 0 Å². The van der Waals surface area contributed by atoms with E-state index in [9.17, 15) is 17.8 Å². The predicted molar refractivity (Wildman–Crippen MR) is 146 cm³/mol. The van der Waals surface area contributed by atoms with Crippen LogP contribution in [0.4, 0.5) is 20.4 Å². The smallest absolute Gasteiger partial charge is 0.247 e. The number of hydrogen-bond acceptors (Lipinski definition) is 6. The van der Waals surface area contributed by atoms with Crippen LogP contribution in [0.5, 0.6) is 5.75 Å². The number of hydrogen-bond donors (Lipinski definition) is 1. The highest BCUT2D eigenvalue weighted by Crippen LogP contribution is 2.31. The van der Waals surface area contributed by atoms with Gasteiger partial charge in [-0.3, -0.25) is 9.00 Å². The highest BCUT2D eigenvalue weighted by molar-refractivity contribution is 7.84. The van der Waals surface area contributed by atoms with Crippen LogP contribution in [0, 0.1) is 11.6 Å². The van der Waals surface area contributed by atoms with Crippen molar-refractivity contribution in [2.75, 3.05) is 18.7 Å². The van der Waals surface area contributed by atoms with Crippen molar-refractivity contribution in [3.05, 3.63) is 102 Å². The second-order valence-electron chi connectivity index (χ2n) is 8.93. The zero-order chi connectivity index (χ0) is 27.5. The summed E-state index contributed by atoms with van der Waals surface area (Å²) in [7, 11) is -0.0595. The van der Waals surface area contributed by atoms with E-state index in [1.807, 2.05) is 42.6 Å². The van der Waals surface area contributed by atoms with Crippen LogP contribution in [0.3, 0.4) is 0 Å². The average Bonchev–Trinajstić information content (AvgIpc) is 3.32. The third-order valence-corrected chi connectivity index (χ3v) is 7.08. The van der Waals surface area contributed by atoms with E-state index in [0.717, 1.165) is 22.3 Å². The Morgan fingerprint density at radius 2 is 1.59 bits per heavy atom. The molecular formula is C29H24F2N4O3S. The summed E-state index contributed by atoms with van der Waals surface area (Å²) in [6.07, 6.45) is 3.76. The van der Waals surface area contributed by atoms with Crippen molar-refractivity contribution in [3.8, 4) is 16.9 Å². The first kappa shape index (κ1) is 26.2. The molecule has 5 rings (SSSR count). The quantitative estimate of drug-likeness (QED) is 0.262. The predicted octanol–water partition coefficient (Wildman–Crippen LogP) is 5.52. The number of Topliss-reactive ketones (excluding diaryl/α,β-unsaturated/α-hetero) is 1. The summed E-state index contributed by atoms with van der Waals surface area (Å²) in [6.45, 7) is 0. The number of carbonyl (C=O) groups excluding carboxylic acids is 1. The number of aromatic nitrogens is 3. The van der Waals surface area contributed by atoms with Gasteiger partial charge in [-0.25, -0.2) is 13.3 Å². The number of nitrogens with one attached hydrogen (secondary N) is 1. The standard InChI is InChI=1S/C29H24F2N4O3S/c1-38-26-16-27(39(2)37)24(31)15-25(26)32-29-33-28-12-9-21(17-35(28)34-29)20-7-3-18(4-8-20)13-23(36)14-19-5-10-22(30)11-6-19/h3-12,15-17H,13-14H2,1-2H3,(H,32,34)/t39-/m1/s1. The Bertz CT molecular complexity index is 1690. The Hall–Kier alpha value is -4.44. The maximum absolute atomic E-state index is 14.4. The van der Waals surface area contributed by atoms with E-state index in [-0.39, 0.29) is 35.3 Å². The SMILES string of the molecule is COc1cc([S@@](C)=O)c(F)cc1Nc1nc2ccc(-c3ccc(CC(=O)Cc4ccc(F)cc4)cc3)cn2n1. The summed E-state index contributed by atoms with van der Waals surface area (Å²) in [5.41, 5.74) is 4.38. The molecule has 39 heavy (non-hydrogen) atoms. The number of nitrogens with zero attached hydrogens (tertiary/aromatic N) is 3. The molecule has 0 spiro atoms. The fourth-order valence-corrected chi connectivity index (χ4v) is 4.79. The Morgan fingerprint density at radius 1 is 0.949 bits per heavy atom. The van der Waals surface area contributed by atoms with Gasteiger partial charge in [-0.2, -0.15) is 4.98 Å². The van der Waals surface area contributed by atoms with Gasteiger partial charge in [0.25, 0.3) is 0 Å². The van der Waals surface area contributed by atoms with Gasteiger partial charge in [0, 0.05) is 43.0 Å². The lowest BCUT2D eigenvalue weighted by molar-refractivity contribution is -0.117. The number of pyridine rings is 1. The number of ketones is 1. The molecule has 0 unspecified atom stereocenters. The maximum atomic E-state index is 14.4. The van der Waals surface area contributed by atoms with Gasteiger partial charge in [0.2, 0.25) is 5.95 Å². The number of carbonyl (C=O) groups is 1. The minimum absolute atomic E-state index is 0.0486. The van der Waals surface area contributed by atoms with Crippen LogP contribution in [-0.4, -0.2) is 38.0 Å². The first-order valence-corrected chi connectivity index (χ1v) is 13.5. The van der Waals surface area contributed by atoms with Crippen LogP contribution in [0.25, 0.3) is 16.8 Å². The summed E-state index contributed by atoms with van der Waals surface area (Å²) in [5, 5.41) is 7.41. The van der Waals surface area contributed by atoms with Crippen LogP contribution in [0.1, 0.15) is 11.1 Å². The van der Waals surface area contributed by atoms with Gasteiger partial charge in [-0.1, -0.05) is 36.4 Å². The number of fused-ring (bicyclic) bond motifs is 1. The first-order valence-electron chi connectivity index (χ1n) is 12.0. The molecule has 0 bridgehead atoms. The second-order valence-corrected chi connectivity index (χ2v) is 10.3. The third kappa shape index (κ3) is 6.01. The zero-order valence-electron chi connectivity index (χ0n) is 21.2. The van der Waals surface area contributed by atoms with Gasteiger partial charge in [-0.05, 0) is 41.0 Å². The van der Waals surface area contributed by atoms with Crippen LogP contribution in [0.15, 0.2) is 83.9 Å². The van der Waals surface area contributed by atoms with Crippen molar-refractivity contribution >= 4 is 33.9 Å². The average molecular weight is 547 g/mol. The number of ether oxygens (including phenoxy) is 1. The van der Waals surface area contributed by atoms with Crippen molar-refractivity contribution in [3.63, 3.8) is 0 Å². The van der Waals surface area contributed by atoms with Crippen molar-refractivity contribution in [2.24, 2.45) is 0 Å². The molecule has 0 saturated carbocycles. The molecule has 10 heteroatoms. The first-order chi connectivity index (χ1) is 18.8. The van der Waals surface area contributed by atoms with Crippen molar-refractivity contribution in [2.45, 2.75) is 17.7 Å². The van der Waals surface area contributed by atoms with Gasteiger partial charge in [0.05, 0.1) is 28.5 Å². The monoisotopic (exact) mass is 546 g/mol. The Balaban J connectivity index is 1.30. The zero-order valence-corrected chi connectivity index (χ0v) is 22.0. The lowest BCUT2D eigenvalue weighted by Crippen LogP contribution is -2.06. The third-order valence-electron chi connectivity index (χ3n) is 6.14. The fourth-order valence-electron chi connectivity index (χ4n) is 4.18. The summed E-state index contributed by atoms with van der Waals surface area (Å²) in [5.74, 6) is -0.337. The lowest BCUT2D eigenvalue weighted by atomic mass is 10.0. The van der Waals surface area contributed by atoms with Crippen LogP contribution in [-0.2, 0) is 28.4 Å². The number of rotatable bonds is 9. The van der Waals surface area contributed by atoms with E-state index in [2.05, 4.69) is 15.4 Å². The molecule has 5 aromatic rings. The van der Waals surface area contributed by atoms with E-state index in [4.69, 9.17) is 4.74 Å². The van der Waals surface area contributed by atoms with E-state index in [1.54, 1.807) is 16.6 Å². The molecule has 0 saturated heterocycles. The summed E-state index contributed by atoms with van der Waals surface area (Å²) in [6, 6.07) is 20.0. The Kier molecular flexibility index (Phi) is 7.47. The molecule has 0 radical (unpaired) electrons. The minimum Gasteiger partial charge on any atom is -0.495 e. The van der Waals surface area contributed by atoms with Gasteiger partial charge >= 0.3 is 0 Å². The normalized spacial score (nSPS) is 11.9. The molecule has 1 N–H and O–H groups in total. The Labute approximate surface area is 225 Å². The number of halogens is 2. The van der Waals surface area contributed by atoms with Gasteiger partial charge in [0.1, 0.15) is 23.2 Å². The van der Waals surface area contributed by atoms with Gasteiger partial charge in [0.15, 0.2) is 5.65 Å². The van der Waals surface area contributed by atoms with E-state index < -0.39 is 16.6 Å². The molecule has 2 aromatic heterocycles. The summed E-state index contributed by atoms with van der Waals surface area (Å²) in [4.78, 5) is 16.9. The minimum atomic E-state index is -1.50. The second kappa shape index (κ2) is 11.1. The van der Waals surface area contributed by atoms with E-state index in [0.29, 0.717) is 17.1 Å². The van der Waals surface area contributed by atoms with Crippen molar-refractivity contribution in [1.82, 2.24) is 14.6 Å². The highest BCUT2D eigenvalue weighted by Gasteiger charge is 2.15. The van der Waals surface area contributed by atoms with Crippen molar-refractivity contribution in [1.29, 1.82) is 0 Å². The summed E-state index contributed by atoms with van der Waals surface area (Å²) >= 11 is 0. The molecule has 0 amide bonds. The van der Waals surface area contributed by atoms with Gasteiger partial charge < -0.3 is 10.1 Å². The molecule has 1 atom stereocenters. The maximum Gasteiger partial charge on any atom is 0.247 e. The van der Waals surface area contributed by atoms with Crippen LogP contribution >= 0.6 is 0 Å². The number of anilines is 2. The summed E-state index contributed by atoms with van der Waals surface area (Å²) < 4.78 is 46.2. The molecule has 3 aromatic carbocycles. The Morgan fingerprint density at radius 3 is 2.23 bits per heavy atom.